The van der Waals surface area contributed by atoms with Gasteiger partial charge in [-0.3, -0.25) is 0 Å². The number of halogens is 3. The summed E-state index contributed by atoms with van der Waals surface area (Å²) >= 11 is 0. The maximum Gasteiger partial charge on any atom is 0.494 e. The highest BCUT2D eigenvalue weighted by Crippen LogP contribution is 2.40. The summed E-state index contributed by atoms with van der Waals surface area (Å²) in [7, 11) is -0.811. The van der Waals surface area contributed by atoms with E-state index >= 15 is 0 Å². The molecule has 0 aliphatic carbocycles. The van der Waals surface area contributed by atoms with Crippen LogP contribution in [0.5, 0.6) is 0 Å². The molecule has 3 nitrogen and oxygen atoms in total. The zero-order valence-electron chi connectivity index (χ0n) is 14.4. The maximum absolute atomic E-state index is 13.5. The summed E-state index contributed by atoms with van der Waals surface area (Å²) in [5.74, 6) is 0. The molecule has 1 atom stereocenters. The van der Waals surface area contributed by atoms with Gasteiger partial charge >= 0.3 is 13.3 Å². The van der Waals surface area contributed by atoms with E-state index in [4.69, 9.17) is 14.0 Å². The van der Waals surface area contributed by atoms with E-state index in [0.29, 0.717) is 18.5 Å². The van der Waals surface area contributed by atoms with E-state index in [0.717, 1.165) is 12.5 Å². The SMILES string of the molecule is CC1(C)OB(c2ccc(C3CCCO3)c(C(F)(F)F)c2)OC1(C)C. The predicted molar refractivity (Wildman–Crippen MR) is 85.1 cm³/mol. The zero-order chi connectivity index (χ0) is 17.8. The quantitative estimate of drug-likeness (QED) is 0.764. The van der Waals surface area contributed by atoms with Gasteiger partial charge in [-0.1, -0.05) is 12.1 Å². The number of alkyl halides is 3. The molecule has 1 aromatic carbocycles. The molecule has 2 heterocycles. The van der Waals surface area contributed by atoms with E-state index in [-0.39, 0.29) is 5.56 Å². The van der Waals surface area contributed by atoms with Crippen LogP contribution in [-0.2, 0) is 20.2 Å². The predicted octanol–water partition coefficient (Wildman–Crippen LogP) is 3.86. The molecule has 0 aromatic heterocycles. The van der Waals surface area contributed by atoms with Gasteiger partial charge in [-0.15, -0.1) is 0 Å². The molecule has 0 amide bonds. The van der Waals surface area contributed by atoms with Crippen LogP contribution in [-0.4, -0.2) is 24.9 Å². The van der Waals surface area contributed by atoms with E-state index < -0.39 is 36.2 Å². The molecule has 0 spiro atoms. The normalized spacial score (nSPS) is 26.1. The Labute approximate surface area is 140 Å². The number of ether oxygens (including phenoxy) is 1. The third-order valence-electron chi connectivity index (χ3n) is 5.18. The summed E-state index contributed by atoms with van der Waals surface area (Å²) in [6, 6.07) is 4.28. The van der Waals surface area contributed by atoms with Gasteiger partial charge < -0.3 is 14.0 Å². The number of rotatable bonds is 2. The lowest BCUT2D eigenvalue weighted by atomic mass is 9.77. The molecule has 7 heteroatoms. The second-order valence-corrected chi connectivity index (χ2v) is 7.43. The molecule has 2 fully saturated rings. The van der Waals surface area contributed by atoms with Gasteiger partial charge in [-0.05, 0) is 57.6 Å². The Kier molecular flexibility index (Phi) is 4.26. The largest absolute Gasteiger partial charge is 0.494 e. The van der Waals surface area contributed by atoms with E-state index in [1.165, 1.54) is 6.07 Å². The molecule has 0 radical (unpaired) electrons. The van der Waals surface area contributed by atoms with Gasteiger partial charge in [0.05, 0.1) is 22.9 Å². The van der Waals surface area contributed by atoms with Crippen LogP contribution in [0.15, 0.2) is 18.2 Å². The minimum atomic E-state index is -4.44. The highest BCUT2D eigenvalue weighted by atomic mass is 19.4. The summed E-state index contributed by atoms with van der Waals surface area (Å²) < 4.78 is 57.8. The summed E-state index contributed by atoms with van der Waals surface area (Å²) in [6.07, 6.45) is -3.55. The van der Waals surface area contributed by atoms with Crippen LogP contribution in [0.3, 0.4) is 0 Å². The van der Waals surface area contributed by atoms with Gasteiger partial charge in [0, 0.05) is 6.61 Å². The second-order valence-electron chi connectivity index (χ2n) is 7.43. The molecule has 1 unspecified atom stereocenters. The Bertz CT molecular complexity index is 606. The third-order valence-corrected chi connectivity index (χ3v) is 5.18. The van der Waals surface area contributed by atoms with Crippen LogP contribution in [0.2, 0.25) is 0 Å². The number of hydrogen-bond acceptors (Lipinski definition) is 3. The van der Waals surface area contributed by atoms with Gasteiger partial charge in [0.25, 0.3) is 0 Å². The van der Waals surface area contributed by atoms with Crippen molar-refractivity contribution in [2.24, 2.45) is 0 Å². The first kappa shape index (κ1) is 17.8. The lowest BCUT2D eigenvalue weighted by molar-refractivity contribution is -0.139. The fraction of sp³-hybridized carbons (Fsp3) is 0.647. The van der Waals surface area contributed by atoms with Crippen molar-refractivity contribution in [3.05, 3.63) is 29.3 Å². The average molecular weight is 342 g/mol. The first-order chi connectivity index (χ1) is 11.0. The van der Waals surface area contributed by atoms with Crippen LogP contribution in [0, 0.1) is 0 Å². The minimum Gasteiger partial charge on any atom is -0.399 e. The summed E-state index contributed by atoms with van der Waals surface area (Å²) in [4.78, 5) is 0. The fourth-order valence-electron chi connectivity index (χ4n) is 3.05. The molecular weight excluding hydrogens is 320 g/mol. The van der Waals surface area contributed by atoms with Crippen molar-refractivity contribution in [1.82, 2.24) is 0 Å². The molecule has 2 saturated heterocycles. The standard InChI is InChI=1S/C17H22BF3O3/c1-15(2)16(3,4)24-18(23-15)11-7-8-12(14-6-5-9-22-14)13(10-11)17(19,20)21/h7-8,10,14H,5-6,9H2,1-4H3. The maximum atomic E-state index is 13.5. The Morgan fingerprint density at radius 1 is 1.08 bits per heavy atom. The first-order valence-electron chi connectivity index (χ1n) is 8.19. The molecule has 3 rings (SSSR count). The minimum absolute atomic E-state index is 0.195. The zero-order valence-corrected chi connectivity index (χ0v) is 14.4. The van der Waals surface area contributed by atoms with Crippen molar-refractivity contribution in [2.75, 3.05) is 6.61 Å². The third kappa shape index (κ3) is 3.09. The van der Waals surface area contributed by atoms with E-state index in [1.54, 1.807) is 6.07 Å². The van der Waals surface area contributed by atoms with E-state index in [1.807, 2.05) is 27.7 Å². The molecule has 0 N–H and O–H groups in total. The number of hydrogen-bond donors (Lipinski definition) is 0. The van der Waals surface area contributed by atoms with Crippen LogP contribution in [0.1, 0.15) is 57.8 Å². The van der Waals surface area contributed by atoms with Crippen molar-refractivity contribution >= 4 is 12.6 Å². The first-order valence-corrected chi connectivity index (χ1v) is 8.19. The van der Waals surface area contributed by atoms with Gasteiger partial charge in [0.1, 0.15) is 0 Å². The molecular formula is C17H22BF3O3. The highest BCUT2D eigenvalue weighted by Gasteiger charge is 2.52. The number of benzene rings is 1. The van der Waals surface area contributed by atoms with Crippen molar-refractivity contribution in [3.63, 3.8) is 0 Å². The van der Waals surface area contributed by atoms with E-state index in [9.17, 15) is 13.2 Å². The van der Waals surface area contributed by atoms with Crippen LogP contribution < -0.4 is 5.46 Å². The van der Waals surface area contributed by atoms with Crippen LogP contribution >= 0.6 is 0 Å². The van der Waals surface area contributed by atoms with Crippen LogP contribution in [0.25, 0.3) is 0 Å². The van der Waals surface area contributed by atoms with Gasteiger partial charge in [-0.25, -0.2) is 0 Å². The Morgan fingerprint density at radius 2 is 1.71 bits per heavy atom. The second kappa shape index (κ2) is 5.75. The molecule has 0 saturated carbocycles. The monoisotopic (exact) mass is 342 g/mol. The van der Waals surface area contributed by atoms with Crippen molar-refractivity contribution < 1.29 is 27.2 Å². The summed E-state index contributed by atoms with van der Waals surface area (Å²) in [5.41, 5.74) is -1.28. The molecule has 24 heavy (non-hydrogen) atoms. The summed E-state index contributed by atoms with van der Waals surface area (Å²) in [5, 5.41) is 0. The summed E-state index contributed by atoms with van der Waals surface area (Å²) in [6.45, 7) is 7.99. The Balaban J connectivity index is 1.97. The molecule has 1 aromatic rings. The van der Waals surface area contributed by atoms with Gasteiger partial charge in [0.15, 0.2) is 0 Å². The van der Waals surface area contributed by atoms with Gasteiger partial charge in [0.2, 0.25) is 0 Å². The topological polar surface area (TPSA) is 27.7 Å². The Hall–Kier alpha value is -1.05. The highest BCUT2D eigenvalue weighted by molar-refractivity contribution is 6.62. The molecule has 0 bridgehead atoms. The lowest BCUT2D eigenvalue weighted by Crippen LogP contribution is -2.41. The van der Waals surface area contributed by atoms with E-state index in [2.05, 4.69) is 0 Å². The average Bonchev–Trinajstić information content (AvgIpc) is 3.04. The Morgan fingerprint density at radius 3 is 2.21 bits per heavy atom. The molecule has 132 valence electrons. The fourth-order valence-corrected chi connectivity index (χ4v) is 3.05. The molecule has 2 aliphatic rings. The van der Waals surface area contributed by atoms with Crippen molar-refractivity contribution in [1.29, 1.82) is 0 Å². The smallest absolute Gasteiger partial charge is 0.399 e. The van der Waals surface area contributed by atoms with Crippen LogP contribution in [0.4, 0.5) is 13.2 Å². The van der Waals surface area contributed by atoms with Crippen molar-refractivity contribution in [2.45, 2.75) is 64.0 Å². The van der Waals surface area contributed by atoms with Gasteiger partial charge in [-0.2, -0.15) is 13.2 Å². The van der Waals surface area contributed by atoms with Crippen molar-refractivity contribution in [3.8, 4) is 0 Å². The lowest BCUT2D eigenvalue weighted by Gasteiger charge is -2.32. The molecule has 2 aliphatic heterocycles.